The summed E-state index contributed by atoms with van der Waals surface area (Å²) >= 11 is 2.30. The van der Waals surface area contributed by atoms with Gasteiger partial charge in [-0.3, -0.25) is 0 Å². The highest BCUT2D eigenvalue weighted by molar-refractivity contribution is 14.1. The highest BCUT2D eigenvalue weighted by Gasteiger charge is 2.46. The van der Waals surface area contributed by atoms with Gasteiger partial charge in [-0.2, -0.15) is 0 Å². The van der Waals surface area contributed by atoms with Crippen LogP contribution in [0.1, 0.15) is 12.5 Å². The number of hydrogen-bond acceptors (Lipinski definition) is 7. The number of imidazole rings is 1. The zero-order valence-electron chi connectivity index (χ0n) is 19.5. The van der Waals surface area contributed by atoms with E-state index in [1.807, 2.05) is 48.3 Å². The number of aromatic nitrogens is 2. The van der Waals surface area contributed by atoms with Crippen molar-refractivity contribution >= 4 is 28.8 Å². The van der Waals surface area contributed by atoms with Gasteiger partial charge in [-0.25, -0.2) is 4.98 Å². The van der Waals surface area contributed by atoms with Gasteiger partial charge in [0.1, 0.15) is 12.2 Å². The molecular formula is C25H28IN3O5. The Bertz CT molecular complexity index is 1090. The molecule has 5 atom stereocenters. The van der Waals surface area contributed by atoms with Crippen molar-refractivity contribution in [2.45, 2.75) is 37.6 Å². The molecule has 180 valence electrons. The minimum atomic E-state index is -0.711. The van der Waals surface area contributed by atoms with Gasteiger partial charge in [-0.15, -0.1) is 0 Å². The summed E-state index contributed by atoms with van der Waals surface area (Å²) in [5.41, 5.74) is 3.86. The molecule has 0 amide bonds. The standard InChI is InChI=1S/C25H28IN3O5/c1-16-22(30-2)23(31-3)24(32-4)25(33-16)34-28-13-17-5-7-18(8-6-17)21-14-29(15-27-21)20-11-9-19(26)10-12-20/h5-16,22-25H,1-4H3/b28-13+/t16-,22-,23+,24+,25-/m0/s1. The summed E-state index contributed by atoms with van der Waals surface area (Å²) in [5, 5.41) is 4.12. The Morgan fingerprint density at radius 3 is 2.26 bits per heavy atom. The summed E-state index contributed by atoms with van der Waals surface area (Å²) in [6.45, 7) is 1.91. The van der Waals surface area contributed by atoms with Crippen LogP contribution in [0.3, 0.4) is 0 Å². The van der Waals surface area contributed by atoms with Crippen molar-refractivity contribution in [3.63, 3.8) is 0 Å². The number of ether oxygens (including phenoxy) is 4. The Kier molecular flexibility index (Phi) is 8.32. The van der Waals surface area contributed by atoms with E-state index >= 15 is 0 Å². The van der Waals surface area contributed by atoms with Crippen LogP contribution in [-0.2, 0) is 23.8 Å². The number of methoxy groups -OCH3 is 3. The molecule has 0 saturated carbocycles. The van der Waals surface area contributed by atoms with Gasteiger partial charge < -0.3 is 28.4 Å². The first-order valence-electron chi connectivity index (χ1n) is 10.9. The van der Waals surface area contributed by atoms with Gasteiger partial charge >= 0.3 is 0 Å². The van der Waals surface area contributed by atoms with E-state index in [0.717, 1.165) is 22.5 Å². The van der Waals surface area contributed by atoms with Gasteiger partial charge in [0.05, 0.1) is 24.3 Å². The lowest BCUT2D eigenvalue weighted by atomic mass is 9.99. The van der Waals surface area contributed by atoms with Crippen molar-refractivity contribution in [1.82, 2.24) is 9.55 Å². The molecule has 1 aliphatic heterocycles. The minimum Gasteiger partial charge on any atom is -0.376 e. The monoisotopic (exact) mass is 577 g/mol. The zero-order valence-corrected chi connectivity index (χ0v) is 21.7. The first-order chi connectivity index (χ1) is 16.5. The Morgan fingerprint density at radius 1 is 0.941 bits per heavy atom. The second kappa shape index (κ2) is 11.4. The Balaban J connectivity index is 1.40. The van der Waals surface area contributed by atoms with Crippen molar-refractivity contribution in [1.29, 1.82) is 0 Å². The van der Waals surface area contributed by atoms with Crippen molar-refractivity contribution < 1.29 is 23.8 Å². The van der Waals surface area contributed by atoms with Crippen LogP contribution in [0.25, 0.3) is 16.9 Å². The molecule has 0 unspecified atom stereocenters. The highest BCUT2D eigenvalue weighted by atomic mass is 127. The van der Waals surface area contributed by atoms with E-state index in [4.69, 9.17) is 23.8 Å². The topological polar surface area (TPSA) is 76.3 Å². The number of oxime groups is 1. The quantitative estimate of drug-likeness (QED) is 0.226. The number of benzene rings is 2. The first kappa shape index (κ1) is 24.8. The molecule has 3 aromatic rings. The van der Waals surface area contributed by atoms with Crippen LogP contribution in [-0.4, -0.2) is 67.8 Å². The van der Waals surface area contributed by atoms with Crippen molar-refractivity contribution in [3.8, 4) is 16.9 Å². The lowest BCUT2D eigenvalue weighted by molar-refractivity contribution is -0.305. The molecule has 2 aromatic carbocycles. The van der Waals surface area contributed by atoms with Gasteiger partial charge in [-0.1, -0.05) is 29.4 Å². The van der Waals surface area contributed by atoms with Crippen LogP contribution in [0.2, 0.25) is 0 Å². The summed E-state index contributed by atoms with van der Waals surface area (Å²) in [4.78, 5) is 10.2. The third kappa shape index (κ3) is 5.49. The van der Waals surface area contributed by atoms with Gasteiger partial charge in [-0.05, 0) is 59.3 Å². The van der Waals surface area contributed by atoms with E-state index in [1.54, 1.807) is 27.5 Å². The lowest BCUT2D eigenvalue weighted by Crippen LogP contribution is -2.59. The molecule has 1 saturated heterocycles. The number of rotatable bonds is 8. The van der Waals surface area contributed by atoms with Crippen LogP contribution >= 0.6 is 22.6 Å². The molecule has 1 aromatic heterocycles. The predicted molar refractivity (Wildman–Crippen MR) is 137 cm³/mol. The molecule has 0 radical (unpaired) electrons. The molecule has 0 aliphatic carbocycles. The van der Waals surface area contributed by atoms with Gasteiger partial charge in [0, 0.05) is 42.3 Å². The molecular weight excluding hydrogens is 549 g/mol. The van der Waals surface area contributed by atoms with Gasteiger partial charge in [0.2, 0.25) is 0 Å². The average Bonchev–Trinajstić information content (AvgIpc) is 3.35. The molecule has 9 heteroatoms. The van der Waals surface area contributed by atoms with E-state index in [2.05, 4.69) is 57.0 Å². The van der Waals surface area contributed by atoms with Crippen molar-refractivity contribution in [2.24, 2.45) is 5.16 Å². The summed E-state index contributed by atoms with van der Waals surface area (Å²) in [7, 11) is 4.83. The number of hydrogen-bond donors (Lipinski definition) is 0. The Hall–Kier alpha value is -2.31. The number of halogens is 1. The van der Waals surface area contributed by atoms with E-state index in [1.165, 1.54) is 3.57 Å². The third-order valence-corrected chi connectivity index (χ3v) is 6.54. The summed E-state index contributed by atoms with van der Waals surface area (Å²) < 4.78 is 25.8. The van der Waals surface area contributed by atoms with Crippen LogP contribution in [0.4, 0.5) is 0 Å². The molecule has 4 rings (SSSR count). The molecule has 34 heavy (non-hydrogen) atoms. The van der Waals surface area contributed by atoms with E-state index in [9.17, 15) is 0 Å². The highest BCUT2D eigenvalue weighted by Crippen LogP contribution is 2.27. The molecule has 0 bridgehead atoms. The predicted octanol–water partition coefficient (Wildman–Crippen LogP) is 4.28. The summed E-state index contributed by atoms with van der Waals surface area (Å²) in [6, 6.07) is 16.2. The fraction of sp³-hybridized carbons (Fsp3) is 0.360. The fourth-order valence-electron chi connectivity index (χ4n) is 4.02. The van der Waals surface area contributed by atoms with E-state index in [0.29, 0.717) is 0 Å². The fourth-order valence-corrected chi connectivity index (χ4v) is 4.38. The molecule has 0 spiro atoms. The van der Waals surface area contributed by atoms with E-state index < -0.39 is 12.4 Å². The van der Waals surface area contributed by atoms with Crippen LogP contribution in [0, 0.1) is 3.57 Å². The van der Waals surface area contributed by atoms with Crippen LogP contribution in [0.5, 0.6) is 0 Å². The minimum absolute atomic E-state index is 0.236. The smallest absolute Gasteiger partial charge is 0.256 e. The van der Waals surface area contributed by atoms with Crippen molar-refractivity contribution in [3.05, 3.63) is 70.2 Å². The second-order valence-corrected chi connectivity index (χ2v) is 9.16. The molecule has 1 fully saturated rings. The molecule has 1 aliphatic rings. The summed E-state index contributed by atoms with van der Waals surface area (Å²) in [5.74, 6) is 0. The SMILES string of the molecule is CO[C@@H]1[C@@H](OC)[C@H](C)O[C@@H](O/N=C/c2ccc(-c3cn(-c4ccc(I)cc4)cn3)cc2)[C@@H]1OC. The Labute approximate surface area is 213 Å². The Morgan fingerprint density at radius 2 is 1.62 bits per heavy atom. The lowest BCUT2D eigenvalue weighted by Gasteiger charge is -2.42. The van der Waals surface area contributed by atoms with Crippen molar-refractivity contribution in [2.75, 3.05) is 21.3 Å². The van der Waals surface area contributed by atoms with Crippen LogP contribution in [0.15, 0.2) is 66.2 Å². The maximum absolute atomic E-state index is 5.91. The average molecular weight is 577 g/mol. The molecule has 8 nitrogen and oxygen atoms in total. The van der Waals surface area contributed by atoms with E-state index in [-0.39, 0.29) is 18.3 Å². The summed E-state index contributed by atoms with van der Waals surface area (Å²) in [6.07, 6.45) is 3.45. The zero-order chi connectivity index (χ0) is 24.1. The third-order valence-electron chi connectivity index (χ3n) is 5.82. The first-order valence-corrected chi connectivity index (χ1v) is 12.0. The normalized spacial score (nSPS) is 25.0. The molecule has 2 heterocycles. The molecule has 0 N–H and O–H groups in total. The van der Waals surface area contributed by atoms with Gasteiger partial charge in [0.25, 0.3) is 6.29 Å². The van der Waals surface area contributed by atoms with Gasteiger partial charge in [0.15, 0.2) is 6.10 Å². The second-order valence-electron chi connectivity index (χ2n) is 7.92. The van der Waals surface area contributed by atoms with Crippen LogP contribution < -0.4 is 0 Å². The maximum atomic E-state index is 5.91. The number of nitrogens with zero attached hydrogens (tertiary/aromatic N) is 3. The largest absolute Gasteiger partial charge is 0.376 e. The maximum Gasteiger partial charge on any atom is 0.256 e.